The highest BCUT2D eigenvalue weighted by atomic mass is 35.5. The molecule has 1 aromatic heterocycles. The maximum Gasteiger partial charge on any atom is 0.222 e. The predicted octanol–water partition coefficient (Wildman–Crippen LogP) is 1.90. The highest BCUT2D eigenvalue weighted by Crippen LogP contribution is 2.20. The van der Waals surface area contributed by atoms with Gasteiger partial charge >= 0.3 is 0 Å². The van der Waals surface area contributed by atoms with Gasteiger partial charge in [-0.25, -0.2) is 4.98 Å². The highest BCUT2D eigenvalue weighted by Gasteiger charge is 2.07. The molecule has 0 unspecified atom stereocenters. The highest BCUT2D eigenvalue weighted by molar-refractivity contribution is 6.33. The summed E-state index contributed by atoms with van der Waals surface area (Å²) in [5.41, 5.74) is 0.420. The van der Waals surface area contributed by atoms with Crippen molar-refractivity contribution in [2.24, 2.45) is 0 Å². The largest absolute Gasteiger partial charge is 0.310 e. The van der Waals surface area contributed by atoms with E-state index in [-0.39, 0.29) is 22.5 Å². The summed E-state index contributed by atoms with van der Waals surface area (Å²) in [7, 11) is 0. The van der Waals surface area contributed by atoms with Crippen molar-refractivity contribution in [2.75, 3.05) is 5.32 Å². The predicted molar refractivity (Wildman–Crippen MR) is 53.6 cm³/mol. The van der Waals surface area contributed by atoms with Gasteiger partial charge in [0.15, 0.2) is 11.6 Å². The minimum Gasteiger partial charge on any atom is -0.310 e. The molecule has 1 rings (SSSR count). The fraction of sp³-hybridized carbons (Fsp3) is 0.222. The number of ketones is 1. The van der Waals surface area contributed by atoms with Crippen LogP contribution in [0.25, 0.3) is 0 Å². The summed E-state index contributed by atoms with van der Waals surface area (Å²) in [5, 5.41) is 2.70. The zero-order valence-electron chi connectivity index (χ0n) is 7.80. The van der Waals surface area contributed by atoms with Crippen LogP contribution in [0.2, 0.25) is 5.02 Å². The van der Waals surface area contributed by atoms with Crippen molar-refractivity contribution in [3.63, 3.8) is 0 Å². The van der Waals surface area contributed by atoms with E-state index in [1.807, 2.05) is 0 Å². The number of halogens is 1. The summed E-state index contributed by atoms with van der Waals surface area (Å²) >= 11 is 5.79. The lowest BCUT2D eigenvalue weighted by Gasteiger charge is -2.04. The molecule has 0 aromatic carbocycles. The van der Waals surface area contributed by atoms with Crippen LogP contribution in [-0.4, -0.2) is 16.7 Å². The number of aromatic nitrogens is 1. The molecular formula is C9H9ClN2O2. The molecule has 0 spiro atoms. The van der Waals surface area contributed by atoms with Crippen LogP contribution in [0.1, 0.15) is 24.2 Å². The van der Waals surface area contributed by atoms with Gasteiger partial charge in [0, 0.05) is 18.7 Å². The van der Waals surface area contributed by atoms with Crippen LogP contribution in [0, 0.1) is 0 Å². The molecule has 0 radical (unpaired) electrons. The molecule has 5 heteroatoms. The van der Waals surface area contributed by atoms with E-state index in [0.29, 0.717) is 5.56 Å². The zero-order chi connectivity index (χ0) is 10.7. The van der Waals surface area contributed by atoms with Crippen molar-refractivity contribution in [1.82, 2.24) is 4.98 Å². The Morgan fingerprint density at radius 2 is 2.07 bits per heavy atom. The number of Topliss-reactive ketones (excluding diaryl/α,β-unsaturated/α-hetero) is 1. The van der Waals surface area contributed by atoms with E-state index in [0.717, 1.165) is 0 Å². The zero-order valence-corrected chi connectivity index (χ0v) is 8.55. The standard InChI is InChI=1S/C9H9ClN2O2/c1-5(13)7-3-8(10)9(11-4-7)12-6(2)14/h3-4H,1-2H3,(H,11,12,14). The Bertz CT molecular complexity index is 390. The average molecular weight is 213 g/mol. The fourth-order valence-corrected chi connectivity index (χ4v) is 1.10. The molecule has 1 heterocycles. The van der Waals surface area contributed by atoms with Crippen LogP contribution in [-0.2, 0) is 4.79 Å². The molecule has 0 aliphatic carbocycles. The molecule has 0 atom stereocenters. The third-order valence-electron chi connectivity index (χ3n) is 1.54. The van der Waals surface area contributed by atoms with Crippen LogP contribution >= 0.6 is 11.6 Å². The van der Waals surface area contributed by atoms with Crippen LogP contribution in [0.5, 0.6) is 0 Å². The topological polar surface area (TPSA) is 59.1 Å². The number of rotatable bonds is 2. The van der Waals surface area contributed by atoms with E-state index in [1.165, 1.54) is 26.1 Å². The van der Waals surface area contributed by atoms with Gasteiger partial charge in [-0.1, -0.05) is 11.6 Å². The number of amides is 1. The van der Waals surface area contributed by atoms with E-state index in [1.54, 1.807) is 0 Å². The lowest BCUT2D eigenvalue weighted by molar-refractivity contribution is -0.114. The number of nitrogens with one attached hydrogen (secondary N) is 1. The van der Waals surface area contributed by atoms with E-state index in [9.17, 15) is 9.59 Å². The quantitative estimate of drug-likeness (QED) is 0.762. The first-order valence-electron chi connectivity index (χ1n) is 3.95. The van der Waals surface area contributed by atoms with Gasteiger partial charge in [-0.15, -0.1) is 0 Å². The maximum absolute atomic E-state index is 10.9. The molecule has 0 fully saturated rings. The minimum atomic E-state index is -0.255. The average Bonchev–Trinajstić information content (AvgIpc) is 2.07. The third kappa shape index (κ3) is 2.53. The Morgan fingerprint density at radius 3 is 2.50 bits per heavy atom. The Labute approximate surface area is 86.3 Å². The van der Waals surface area contributed by atoms with Crippen molar-refractivity contribution >= 4 is 29.1 Å². The number of anilines is 1. The van der Waals surface area contributed by atoms with Crippen LogP contribution < -0.4 is 5.32 Å². The van der Waals surface area contributed by atoms with Gasteiger partial charge in [0.05, 0.1) is 5.02 Å². The Kier molecular flexibility index (Phi) is 3.19. The molecule has 0 bridgehead atoms. The van der Waals surface area contributed by atoms with Gasteiger partial charge in [0.25, 0.3) is 0 Å². The molecule has 1 amide bonds. The van der Waals surface area contributed by atoms with Crippen LogP contribution in [0.4, 0.5) is 5.82 Å². The van der Waals surface area contributed by atoms with E-state index >= 15 is 0 Å². The summed E-state index contributed by atoms with van der Waals surface area (Å²) < 4.78 is 0. The van der Waals surface area contributed by atoms with E-state index in [4.69, 9.17) is 11.6 Å². The van der Waals surface area contributed by atoms with Gasteiger partial charge in [-0.3, -0.25) is 9.59 Å². The second-order valence-electron chi connectivity index (χ2n) is 2.79. The Balaban J connectivity index is 3.01. The minimum absolute atomic E-state index is 0.117. The fourth-order valence-electron chi connectivity index (χ4n) is 0.889. The first-order chi connectivity index (χ1) is 6.50. The molecule has 0 aliphatic heterocycles. The number of nitrogens with zero attached hydrogens (tertiary/aromatic N) is 1. The lowest BCUT2D eigenvalue weighted by Crippen LogP contribution is -2.08. The SMILES string of the molecule is CC(=O)Nc1ncc(C(C)=O)cc1Cl. The van der Waals surface area contributed by atoms with Crippen LogP contribution in [0.15, 0.2) is 12.3 Å². The lowest BCUT2D eigenvalue weighted by atomic mass is 10.2. The first-order valence-corrected chi connectivity index (χ1v) is 4.32. The molecule has 74 valence electrons. The smallest absolute Gasteiger partial charge is 0.222 e. The summed E-state index contributed by atoms with van der Waals surface area (Å²) in [5.74, 6) is -0.104. The van der Waals surface area contributed by atoms with Gasteiger partial charge in [-0.05, 0) is 13.0 Å². The van der Waals surface area contributed by atoms with E-state index in [2.05, 4.69) is 10.3 Å². The number of hydrogen-bond acceptors (Lipinski definition) is 3. The summed E-state index contributed by atoms with van der Waals surface area (Å²) in [6.07, 6.45) is 1.37. The second kappa shape index (κ2) is 4.19. The third-order valence-corrected chi connectivity index (χ3v) is 1.83. The van der Waals surface area contributed by atoms with Gasteiger partial charge in [-0.2, -0.15) is 0 Å². The van der Waals surface area contributed by atoms with Crippen molar-refractivity contribution in [3.05, 3.63) is 22.8 Å². The molecule has 0 saturated heterocycles. The summed E-state index contributed by atoms with van der Waals surface area (Å²) in [6.45, 7) is 2.78. The normalized spacial score (nSPS) is 9.64. The second-order valence-corrected chi connectivity index (χ2v) is 3.20. The van der Waals surface area contributed by atoms with E-state index < -0.39 is 0 Å². The molecule has 1 aromatic rings. The van der Waals surface area contributed by atoms with Gasteiger partial charge < -0.3 is 5.32 Å². The molecular weight excluding hydrogens is 204 g/mol. The van der Waals surface area contributed by atoms with Crippen molar-refractivity contribution < 1.29 is 9.59 Å². The molecule has 0 aliphatic rings. The number of carbonyl (C=O) groups is 2. The van der Waals surface area contributed by atoms with Gasteiger partial charge in [0.2, 0.25) is 5.91 Å². The molecule has 1 N–H and O–H groups in total. The first kappa shape index (κ1) is 10.7. The number of hydrogen-bond donors (Lipinski definition) is 1. The van der Waals surface area contributed by atoms with Crippen molar-refractivity contribution in [1.29, 1.82) is 0 Å². The summed E-state index contributed by atoms with van der Waals surface area (Å²) in [4.78, 5) is 25.5. The van der Waals surface area contributed by atoms with Crippen molar-refractivity contribution in [2.45, 2.75) is 13.8 Å². The van der Waals surface area contributed by atoms with Crippen molar-refractivity contribution in [3.8, 4) is 0 Å². The summed E-state index contributed by atoms with van der Waals surface area (Å²) in [6, 6.07) is 1.47. The maximum atomic E-state index is 10.9. The molecule has 14 heavy (non-hydrogen) atoms. The monoisotopic (exact) mass is 212 g/mol. The number of pyridine rings is 1. The number of carbonyl (C=O) groups excluding carboxylic acids is 2. The molecule has 4 nitrogen and oxygen atoms in total. The van der Waals surface area contributed by atoms with Gasteiger partial charge in [0.1, 0.15) is 0 Å². The Hall–Kier alpha value is -1.42. The Morgan fingerprint density at radius 1 is 1.43 bits per heavy atom. The molecule has 0 saturated carbocycles. The van der Waals surface area contributed by atoms with Crippen LogP contribution in [0.3, 0.4) is 0 Å².